The van der Waals surface area contributed by atoms with Gasteiger partial charge >= 0.3 is 6.03 Å². The summed E-state index contributed by atoms with van der Waals surface area (Å²) in [5.41, 5.74) is 1.73. The molecule has 1 fully saturated rings. The summed E-state index contributed by atoms with van der Waals surface area (Å²) in [6, 6.07) is 12.9. The Morgan fingerprint density at radius 2 is 2.03 bits per heavy atom. The number of ether oxygens (including phenoxy) is 2. The lowest BCUT2D eigenvalue weighted by atomic mass is 10.1. The molecule has 1 saturated heterocycles. The third kappa shape index (κ3) is 6.56. The molecule has 2 aromatic carbocycles. The highest BCUT2D eigenvalue weighted by atomic mass is 35.5. The first-order valence-corrected chi connectivity index (χ1v) is 12.4. The quantitative estimate of drug-likeness (QED) is 0.404. The molecule has 0 bridgehead atoms. The van der Waals surface area contributed by atoms with Crippen LogP contribution in [0, 0.1) is 12.7 Å². The second-order valence-corrected chi connectivity index (χ2v) is 10.4. The van der Waals surface area contributed by atoms with Gasteiger partial charge in [0.2, 0.25) is 5.88 Å². The summed E-state index contributed by atoms with van der Waals surface area (Å²) in [7, 11) is 0. The fraction of sp³-hybridized carbons (Fsp3) is 0.407. The maximum atomic E-state index is 14.0. The van der Waals surface area contributed by atoms with Gasteiger partial charge in [0.15, 0.2) is 0 Å². The SMILES string of the molecule is Cc1nn(-c2ccc(Cl)cc2)c(Oc2cccc(F)c2)c1CN(CC1CCCO1)C(=O)NC(C)(C)C. The first kappa shape index (κ1) is 26.0. The van der Waals surface area contributed by atoms with Gasteiger partial charge in [-0.2, -0.15) is 5.10 Å². The van der Waals surface area contributed by atoms with E-state index < -0.39 is 11.4 Å². The van der Waals surface area contributed by atoms with E-state index in [1.54, 1.807) is 33.8 Å². The molecule has 0 spiro atoms. The van der Waals surface area contributed by atoms with Crippen LogP contribution < -0.4 is 10.1 Å². The lowest BCUT2D eigenvalue weighted by molar-refractivity contribution is 0.0779. The molecule has 1 aliphatic rings. The molecule has 9 heteroatoms. The average Bonchev–Trinajstić information content (AvgIpc) is 3.41. The molecular weight excluding hydrogens is 483 g/mol. The smallest absolute Gasteiger partial charge is 0.318 e. The van der Waals surface area contributed by atoms with Gasteiger partial charge in [0.25, 0.3) is 0 Å². The van der Waals surface area contributed by atoms with Crippen LogP contribution >= 0.6 is 11.6 Å². The number of aromatic nitrogens is 2. The molecule has 0 saturated carbocycles. The number of amides is 2. The van der Waals surface area contributed by atoms with E-state index in [-0.39, 0.29) is 18.7 Å². The van der Waals surface area contributed by atoms with Crippen molar-refractivity contribution in [2.45, 2.75) is 58.7 Å². The summed E-state index contributed by atoms with van der Waals surface area (Å²) in [6.07, 6.45) is 1.84. The summed E-state index contributed by atoms with van der Waals surface area (Å²) in [5, 5.41) is 8.36. The first-order valence-electron chi connectivity index (χ1n) is 12.1. The first-order chi connectivity index (χ1) is 17.1. The van der Waals surface area contributed by atoms with E-state index >= 15 is 0 Å². The molecule has 1 aliphatic heterocycles. The highest BCUT2D eigenvalue weighted by molar-refractivity contribution is 6.30. The van der Waals surface area contributed by atoms with Crippen LogP contribution in [-0.4, -0.2) is 45.5 Å². The van der Waals surface area contributed by atoms with Crippen molar-refractivity contribution in [2.24, 2.45) is 0 Å². The van der Waals surface area contributed by atoms with Crippen LogP contribution in [0.4, 0.5) is 9.18 Å². The molecule has 36 heavy (non-hydrogen) atoms. The number of hydrogen-bond acceptors (Lipinski definition) is 4. The van der Waals surface area contributed by atoms with Crippen LogP contribution in [0.3, 0.4) is 0 Å². The van der Waals surface area contributed by atoms with Gasteiger partial charge in [-0.15, -0.1) is 0 Å². The van der Waals surface area contributed by atoms with E-state index in [0.717, 1.165) is 24.1 Å². The number of halogens is 2. The molecule has 7 nitrogen and oxygen atoms in total. The van der Waals surface area contributed by atoms with Crippen molar-refractivity contribution < 1.29 is 18.7 Å². The maximum absolute atomic E-state index is 14.0. The third-order valence-electron chi connectivity index (χ3n) is 5.79. The number of aryl methyl sites for hydroxylation is 1. The number of urea groups is 1. The zero-order chi connectivity index (χ0) is 25.9. The minimum atomic E-state index is -0.409. The number of carbonyl (C=O) groups excluding carboxylic acids is 1. The minimum absolute atomic E-state index is 0.0325. The number of nitrogens with zero attached hydrogens (tertiary/aromatic N) is 3. The Kier molecular flexibility index (Phi) is 7.85. The van der Waals surface area contributed by atoms with E-state index in [1.165, 1.54) is 12.1 Å². The summed E-state index contributed by atoms with van der Waals surface area (Å²) >= 11 is 6.09. The zero-order valence-electron chi connectivity index (χ0n) is 21.1. The van der Waals surface area contributed by atoms with Crippen LogP contribution in [0.25, 0.3) is 5.69 Å². The molecule has 2 heterocycles. The van der Waals surface area contributed by atoms with E-state index in [0.29, 0.717) is 35.5 Å². The zero-order valence-corrected chi connectivity index (χ0v) is 21.8. The Morgan fingerprint density at radius 3 is 2.67 bits per heavy atom. The Hall–Kier alpha value is -3.10. The molecule has 1 unspecified atom stereocenters. The number of hydrogen-bond donors (Lipinski definition) is 1. The monoisotopic (exact) mass is 514 g/mol. The number of rotatable bonds is 7. The molecule has 1 N–H and O–H groups in total. The van der Waals surface area contributed by atoms with Crippen molar-refractivity contribution in [1.82, 2.24) is 20.0 Å². The summed E-state index contributed by atoms with van der Waals surface area (Å²) in [5.74, 6) is 0.324. The normalized spacial score (nSPS) is 15.7. The van der Waals surface area contributed by atoms with Crippen molar-refractivity contribution >= 4 is 17.6 Å². The fourth-order valence-corrected chi connectivity index (χ4v) is 4.19. The van der Waals surface area contributed by atoms with E-state index in [2.05, 4.69) is 5.32 Å². The molecule has 192 valence electrons. The van der Waals surface area contributed by atoms with Crippen LogP contribution in [0.2, 0.25) is 5.02 Å². The highest BCUT2D eigenvalue weighted by Crippen LogP contribution is 2.32. The van der Waals surface area contributed by atoms with Crippen LogP contribution in [0.1, 0.15) is 44.9 Å². The molecular formula is C27H32ClFN4O3. The van der Waals surface area contributed by atoms with Crippen molar-refractivity contribution in [3.05, 3.63) is 70.6 Å². The van der Waals surface area contributed by atoms with Gasteiger partial charge in [-0.1, -0.05) is 17.7 Å². The van der Waals surface area contributed by atoms with Crippen LogP contribution in [0.15, 0.2) is 48.5 Å². The molecule has 1 atom stereocenters. The molecule has 0 radical (unpaired) electrons. The maximum Gasteiger partial charge on any atom is 0.318 e. The second-order valence-electron chi connectivity index (χ2n) is 10.0. The van der Waals surface area contributed by atoms with Crippen molar-refractivity contribution in [1.29, 1.82) is 0 Å². The van der Waals surface area contributed by atoms with Crippen molar-refractivity contribution in [3.8, 4) is 17.3 Å². The van der Waals surface area contributed by atoms with Gasteiger partial charge in [0, 0.05) is 29.8 Å². The van der Waals surface area contributed by atoms with E-state index in [9.17, 15) is 9.18 Å². The lowest BCUT2D eigenvalue weighted by Crippen LogP contribution is -2.50. The Morgan fingerprint density at radius 1 is 1.28 bits per heavy atom. The van der Waals surface area contributed by atoms with Gasteiger partial charge in [-0.3, -0.25) is 0 Å². The standard InChI is InChI=1S/C27H32ClFN4O3/c1-18-24(17-32(16-23-9-6-14-35-23)26(34)30-27(2,3)4)25(36-22-8-5-7-20(29)15-22)33(31-18)21-12-10-19(28)11-13-21/h5,7-8,10-13,15,23H,6,9,14,16-17H2,1-4H3,(H,30,34). The van der Waals surface area contributed by atoms with Gasteiger partial charge in [0.05, 0.1) is 29.6 Å². The Labute approximate surface area is 216 Å². The summed E-state index contributed by atoms with van der Waals surface area (Å²) < 4.78 is 27.6. The van der Waals surface area contributed by atoms with Gasteiger partial charge in [-0.25, -0.2) is 13.9 Å². The Balaban J connectivity index is 1.73. The predicted molar refractivity (Wildman–Crippen MR) is 137 cm³/mol. The van der Waals surface area contributed by atoms with Gasteiger partial charge in [0.1, 0.15) is 11.6 Å². The summed E-state index contributed by atoms with van der Waals surface area (Å²) in [6.45, 7) is 9.07. The topological polar surface area (TPSA) is 68.6 Å². The molecule has 4 rings (SSSR count). The van der Waals surface area contributed by atoms with Crippen molar-refractivity contribution in [2.75, 3.05) is 13.2 Å². The van der Waals surface area contributed by atoms with E-state index in [1.807, 2.05) is 39.8 Å². The van der Waals surface area contributed by atoms with Gasteiger partial charge < -0.3 is 19.7 Å². The lowest BCUT2D eigenvalue weighted by Gasteiger charge is -2.30. The van der Waals surface area contributed by atoms with E-state index in [4.69, 9.17) is 26.2 Å². The summed E-state index contributed by atoms with van der Waals surface area (Å²) in [4.78, 5) is 15.0. The number of carbonyl (C=O) groups is 1. The number of nitrogens with one attached hydrogen (secondary N) is 1. The van der Waals surface area contributed by atoms with Crippen molar-refractivity contribution in [3.63, 3.8) is 0 Å². The molecule has 0 aliphatic carbocycles. The minimum Gasteiger partial charge on any atom is -0.438 e. The van der Waals surface area contributed by atoms with Crippen LogP contribution in [0.5, 0.6) is 11.6 Å². The molecule has 2 amide bonds. The highest BCUT2D eigenvalue weighted by Gasteiger charge is 2.29. The predicted octanol–water partition coefficient (Wildman–Crippen LogP) is 6.25. The number of benzene rings is 2. The fourth-order valence-electron chi connectivity index (χ4n) is 4.07. The third-order valence-corrected chi connectivity index (χ3v) is 6.04. The molecule has 3 aromatic rings. The largest absolute Gasteiger partial charge is 0.438 e. The second kappa shape index (κ2) is 10.9. The van der Waals surface area contributed by atoms with Gasteiger partial charge in [-0.05, 0) is 76.9 Å². The molecule has 1 aromatic heterocycles. The Bertz CT molecular complexity index is 1200. The van der Waals surface area contributed by atoms with Crippen LogP contribution in [-0.2, 0) is 11.3 Å². The average molecular weight is 515 g/mol.